The van der Waals surface area contributed by atoms with Gasteiger partial charge in [0.15, 0.2) is 0 Å². The zero-order valence-corrected chi connectivity index (χ0v) is 8.90. The highest BCUT2D eigenvalue weighted by Crippen LogP contribution is 2.36. The Morgan fingerprint density at radius 2 is 2.36 bits per heavy atom. The molecule has 1 aromatic carbocycles. The van der Waals surface area contributed by atoms with Crippen LogP contribution in [0, 0.1) is 5.92 Å². The SMILES string of the molecule is O=C(O)C1COC1c1cccc(Br)c1. The highest BCUT2D eigenvalue weighted by molar-refractivity contribution is 9.10. The van der Waals surface area contributed by atoms with Crippen LogP contribution in [0.1, 0.15) is 11.7 Å². The van der Waals surface area contributed by atoms with E-state index in [1.807, 2.05) is 24.3 Å². The molecule has 74 valence electrons. The molecule has 0 saturated carbocycles. The van der Waals surface area contributed by atoms with Crippen LogP contribution in [0.3, 0.4) is 0 Å². The Morgan fingerprint density at radius 1 is 1.57 bits per heavy atom. The van der Waals surface area contributed by atoms with Crippen molar-refractivity contribution in [3.63, 3.8) is 0 Å². The summed E-state index contributed by atoms with van der Waals surface area (Å²) in [6.07, 6.45) is -0.287. The van der Waals surface area contributed by atoms with Crippen LogP contribution >= 0.6 is 15.9 Å². The summed E-state index contributed by atoms with van der Waals surface area (Å²) >= 11 is 3.34. The smallest absolute Gasteiger partial charge is 0.311 e. The van der Waals surface area contributed by atoms with Crippen LogP contribution in [0.5, 0.6) is 0 Å². The number of rotatable bonds is 2. The zero-order chi connectivity index (χ0) is 10.1. The molecule has 1 aliphatic rings. The van der Waals surface area contributed by atoms with E-state index in [-0.39, 0.29) is 6.10 Å². The van der Waals surface area contributed by atoms with Gasteiger partial charge in [-0.3, -0.25) is 4.79 Å². The van der Waals surface area contributed by atoms with Crippen LogP contribution < -0.4 is 0 Å². The second-order valence-corrected chi connectivity index (χ2v) is 4.17. The summed E-state index contributed by atoms with van der Waals surface area (Å²) in [4.78, 5) is 10.8. The van der Waals surface area contributed by atoms with Crippen LogP contribution in [-0.4, -0.2) is 17.7 Å². The summed E-state index contributed by atoms with van der Waals surface area (Å²) in [7, 11) is 0. The fourth-order valence-corrected chi connectivity index (χ4v) is 1.92. The van der Waals surface area contributed by atoms with Gasteiger partial charge in [0.2, 0.25) is 0 Å². The maximum Gasteiger partial charge on any atom is 0.311 e. The van der Waals surface area contributed by atoms with E-state index in [9.17, 15) is 4.79 Å². The highest BCUT2D eigenvalue weighted by atomic mass is 79.9. The van der Waals surface area contributed by atoms with Crippen molar-refractivity contribution in [3.05, 3.63) is 34.3 Å². The first-order chi connectivity index (χ1) is 6.68. The molecule has 2 atom stereocenters. The molecule has 1 aliphatic heterocycles. The minimum Gasteiger partial charge on any atom is -0.481 e. The molecule has 0 aliphatic carbocycles. The standard InChI is InChI=1S/C10H9BrO3/c11-7-3-1-2-6(4-7)9-8(5-14-9)10(12)13/h1-4,8-9H,5H2,(H,12,13). The number of benzene rings is 1. The first-order valence-electron chi connectivity index (χ1n) is 4.28. The molecular formula is C10H9BrO3. The number of hydrogen-bond acceptors (Lipinski definition) is 2. The number of halogens is 1. The van der Waals surface area contributed by atoms with Gasteiger partial charge in [0, 0.05) is 4.47 Å². The van der Waals surface area contributed by atoms with Gasteiger partial charge in [-0.15, -0.1) is 0 Å². The summed E-state index contributed by atoms with van der Waals surface area (Å²) in [6.45, 7) is 0.312. The van der Waals surface area contributed by atoms with Gasteiger partial charge in [-0.1, -0.05) is 28.1 Å². The van der Waals surface area contributed by atoms with Crippen molar-refractivity contribution in [2.45, 2.75) is 6.10 Å². The molecule has 1 aromatic rings. The summed E-state index contributed by atoms with van der Waals surface area (Å²) in [6, 6.07) is 7.54. The number of carbonyl (C=O) groups is 1. The maximum absolute atomic E-state index is 10.8. The molecular weight excluding hydrogens is 248 g/mol. The molecule has 3 nitrogen and oxygen atoms in total. The minimum atomic E-state index is -0.791. The molecule has 0 spiro atoms. The van der Waals surface area contributed by atoms with Gasteiger partial charge < -0.3 is 9.84 Å². The van der Waals surface area contributed by atoms with Crippen molar-refractivity contribution in [2.24, 2.45) is 5.92 Å². The van der Waals surface area contributed by atoms with Gasteiger partial charge in [0.25, 0.3) is 0 Å². The number of aliphatic carboxylic acids is 1. The number of hydrogen-bond donors (Lipinski definition) is 1. The first kappa shape index (κ1) is 9.68. The van der Waals surface area contributed by atoms with E-state index in [0.717, 1.165) is 10.0 Å². The maximum atomic E-state index is 10.8. The number of carboxylic acids is 1. The van der Waals surface area contributed by atoms with Crippen molar-refractivity contribution in [3.8, 4) is 0 Å². The average Bonchev–Trinajstić information content (AvgIpc) is 2.00. The second-order valence-electron chi connectivity index (χ2n) is 3.25. The van der Waals surface area contributed by atoms with Crippen molar-refractivity contribution in [1.29, 1.82) is 0 Å². The quantitative estimate of drug-likeness (QED) is 0.883. The lowest BCUT2D eigenvalue weighted by molar-refractivity contribution is -0.174. The predicted octanol–water partition coefficient (Wildman–Crippen LogP) is 2.22. The summed E-state index contributed by atoms with van der Waals surface area (Å²) in [5, 5.41) is 8.84. The highest BCUT2D eigenvalue weighted by Gasteiger charge is 2.39. The summed E-state index contributed by atoms with van der Waals surface area (Å²) in [5.74, 6) is -1.19. The normalized spacial score (nSPS) is 25.5. The van der Waals surface area contributed by atoms with Crippen molar-refractivity contribution in [2.75, 3.05) is 6.61 Å². The Labute approximate surface area is 89.8 Å². The lowest BCUT2D eigenvalue weighted by Gasteiger charge is -2.34. The van der Waals surface area contributed by atoms with E-state index in [0.29, 0.717) is 6.61 Å². The molecule has 1 N–H and O–H groups in total. The van der Waals surface area contributed by atoms with Crippen LogP contribution in [0.15, 0.2) is 28.7 Å². The summed E-state index contributed by atoms with van der Waals surface area (Å²) in [5.41, 5.74) is 0.915. The minimum absolute atomic E-state index is 0.287. The van der Waals surface area contributed by atoms with Crippen LogP contribution in [-0.2, 0) is 9.53 Å². The topological polar surface area (TPSA) is 46.5 Å². The van der Waals surface area contributed by atoms with Crippen molar-refractivity contribution < 1.29 is 14.6 Å². The van der Waals surface area contributed by atoms with Gasteiger partial charge in [0.1, 0.15) is 5.92 Å². The fourth-order valence-electron chi connectivity index (χ4n) is 1.50. The molecule has 0 radical (unpaired) electrons. The van der Waals surface area contributed by atoms with E-state index in [1.54, 1.807) is 0 Å². The molecule has 1 fully saturated rings. The van der Waals surface area contributed by atoms with Gasteiger partial charge in [-0.25, -0.2) is 0 Å². The third-order valence-corrected chi connectivity index (χ3v) is 2.81. The van der Waals surface area contributed by atoms with Crippen LogP contribution in [0.2, 0.25) is 0 Å². The largest absolute Gasteiger partial charge is 0.481 e. The number of ether oxygens (including phenoxy) is 1. The third-order valence-electron chi connectivity index (χ3n) is 2.32. The fraction of sp³-hybridized carbons (Fsp3) is 0.300. The van der Waals surface area contributed by atoms with Gasteiger partial charge in [-0.2, -0.15) is 0 Å². The van der Waals surface area contributed by atoms with Gasteiger partial charge >= 0.3 is 5.97 Å². The van der Waals surface area contributed by atoms with Gasteiger partial charge in [0.05, 0.1) is 12.7 Å². The van der Waals surface area contributed by atoms with E-state index in [2.05, 4.69) is 15.9 Å². The molecule has 0 amide bonds. The lowest BCUT2D eigenvalue weighted by atomic mass is 9.92. The molecule has 2 rings (SSSR count). The van der Waals surface area contributed by atoms with E-state index < -0.39 is 11.9 Å². The molecule has 2 unspecified atom stereocenters. The Balaban J connectivity index is 2.20. The molecule has 1 saturated heterocycles. The zero-order valence-electron chi connectivity index (χ0n) is 7.31. The van der Waals surface area contributed by atoms with E-state index >= 15 is 0 Å². The third kappa shape index (κ3) is 1.67. The van der Waals surface area contributed by atoms with Crippen molar-refractivity contribution in [1.82, 2.24) is 0 Å². The van der Waals surface area contributed by atoms with E-state index in [1.165, 1.54) is 0 Å². The van der Waals surface area contributed by atoms with Gasteiger partial charge in [-0.05, 0) is 17.7 Å². The average molecular weight is 257 g/mol. The summed E-state index contributed by atoms with van der Waals surface area (Å²) < 4.78 is 6.18. The molecule has 4 heteroatoms. The molecule has 0 aromatic heterocycles. The van der Waals surface area contributed by atoms with E-state index in [4.69, 9.17) is 9.84 Å². The van der Waals surface area contributed by atoms with Crippen LogP contribution in [0.4, 0.5) is 0 Å². The molecule has 14 heavy (non-hydrogen) atoms. The number of carboxylic acid groups (broad SMARTS) is 1. The second kappa shape index (κ2) is 3.71. The predicted molar refractivity (Wildman–Crippen MR) is 54.0 cm³/mol. The Bertz CT molecular complexity index is 364. The Kier molecular flexibility index (Phi) is 2.56. The molecule has 0 bridgehead atoms. The van der Waals surface area contributed by atoms with Crippen LogP contribution in [0.25, 0.3) is 0 Å². The lowest BCUT2D eigenvalue weighted by Crippen LogP contribution is -2.38. The first-order valence-corrected chi connectivity index (χ1v) is 5.07. The monoisotopic (exact) mass is 256 g/mol. The Hall–Kier alpha value is -0.870. The van der Waals surface area contributed by atoms with Crippen molar-refractivity contribution >= 4 is 21.9 Å². The Morgan fingerprint density at radius 3 is 2.86 bits per heavy atom. The molecule has 1 heterocycles.